The van der Waals surface area contributed by atoms with Gasteiger partial charge in [-0.15, -0.1) is 0 Å². The third-order valence-electron chi connectivity index (χ3n) is 5.55. The van der Waals surface area contributed by atoms with Crippen LogP contribution in [0.4, 0.5) is 5.69 Å². The number of anilines is 1. The number of hydrogen-bond acceptors (Lipinski definition) is 3. The molecule has 3 rings (SSSR count). The molecule has 3 aromatic carbocycles. The molecule has 0 aromatic heterocycles. The van der Waals surface area contributed by atoms with Crippen LogP contribution in [0.3, 0.4) is 0 Å². The Bertz CT molecular complexity index is 918. The topological polar surface area (TPSA) is 52.6 Å². The van der Waals surface area contributed by atoms with Crippen LogP contribution in [0.5, 0.6) is 0 Å². The van der Waals surface area contributed by atoms with Crippen LogP contribution in [0.2, 0.25) is 0 Å². The van der Waals surface area contributed by atoms with Crippen LogP contribution < -0.4 is 5.32 Å². The van der Waals surface area contributed by atoms with Crippen molar-refractivity contribution in [3.8, 4) is 0 Å². The van der Waals surface area contributed by atoms with Gasteiger partial charge in [-0.2, -0.15) is 0 Å². The molecular formula is C27H32N2O2. The summed E-state index contributed by atoms with van der Waals surface area (Å²) in [4.78, 5) is 15.3. The lowest BCUT2D eigenvalue weighted by Gasteiger charge is -2.32. The summed E-state index contributed by atoms with van der Waals surface area (Å²) in [5.74, 6) is -0.0428. The van der Waals surface area contributed by atoms with Gasteiger partial charge in [-0.25, -0.2) is 0 Å². The van der Waals surface area contributed by atoms with Gasteiger partial charge in [-0.1, -0.05) is 85.8 Å². The highest BCUT2D eigenvalue weighted by atomic mass is 16.3. The largest absolute Gasteiger partial charge is 0.396 e. The molecule has 0 saturated carbocycles. The summed E-state index contributed by atoms with van der Waals surface area (Å²) in [5, 5.41) is 12.6. The average Bonchev–Trinajstić information content (AvgIpc) is 2.80. The number of rotatable bonds is 10. The van der Waals surface area contributed by atoms with Crippen molar-refractivity contribution in [2.45, 2.75) is 32.7 Å². The maximum atomic E-state index is 13.2. The first kappa shape index (κ1) is 22.7. The fourth-order valence-electron chi connectivity index (χ4n) is 4.02. The van der Waals surface area contributed by atoms with Gasteiger partial charge in [0.15, 0.2) is 0 Å². The molecule has 0 spiro atoms. The van der Waals surface area contributed by atoms with Crippen molar-refractivity contribution in [1.82, 2.24) is 4.90 Å². The summed E-state index contributed by atoms with van der Waals surface area (Å²) >= 11 is 0. The van der Waals surface area contributed by atoms with Crippen molar-refractivity contribution in [3.63, 3.8) is 0 Å². The second-order valence-electron chi connectivity index (χ2n) is 7.78. The van der Waals surface area contributed by atoms with E-state index in [4.69, 9.17) is 0 Å². The molecule has 0 aliphatic heterocycles. The lowest BCUT2D eigenvalue weighted by atomic mass is 9.96. The summed E-state index contributed by atoms with van der Waals surface area (Å²) < 4.78 is 0. The molecule has 31 heavy (non-hydrogen) atoms. The Hall–Kier alpha value is -2.95. The van der Waals surface area contributed by atoms with Crippen molar-refractivity contribution in [3.05, 3.63) is 101 Å². The predicted octanol–water partition coefficient (Wildman–Crippen LogP) is 4.97. The molecule has 0 bridgehead atoms. The second-order valence-corrected chi connectivity index (χ2v) is 7.78. The number of hydrogen-bond donors (Lipinski definition) is 2. The van der Waals surface area contributed by atoms with Crippen molar-refractivity contribution in [2.75, 3.05) is 25.0 Å². The van der Waals surface area contributed by atoms with Crippen molar-refractivity contribution < 1.29 is 9.90 Å². The lowest BCUT2D eigenvalue weighted by Crippen LogP contribution is -2.38. The Morgan fingerprint density at radius 1 is 0.935 bits per heavy atom. The molecule has 0 aliphatic carbocycles. The zero-order chi connectivity index (χ0) is 22.1. The zero-order valence-corrected chi connectivity index (χ0v) is 18.4. The Morgan fingerprint density at radius 2 is 1.55 bits per heavy atom. The van der Waals surface area contributed by atoms with E-state index in [0.29, 0.717) is 13.0 Å². The number of amides is 1. The number of benzene rings is 3. The molecular weight excluding hydrogens is 384 g/mol. The zero-order valence-electron chi connectivity index (χ0n) is 18.4. The highest BCUT2D eigenvalue weighted by Gasteiger charge is 2.24. The van der Waals surface area contributed by atoms with Crippen LogP contribution >= 0.6 is 0 Å². The predicted molar refractivity (Wildman–Crippen MR) is 127 cm³/mol. The van der Waals surface area contributed by atoms with E-state index in [1.54, 1.807) is 0 Å². The summed E-state index contributed by atoms with van der Waals surface area (Å²) in [6.07, 6.45) is 1.47. The van der Waals surface area contributed by atoms with Crippen molar-refractivity contribution >= 4 is 11.6 Å². The Balaban J connectivity index is 1.90. The van der Waals surface area contributed by atoms with E-state index in [1.807, 2.05) is 55.5 Å². The van der Waals surface area contributed by atoms with E-state index in [1.165, 1.54) is 0 Å². The first-order chi connectivity index (χ1) is 15.1. The number of nitrogens with zero attached hydrogens (tertiary/aromatic N) is 1. The standard InChI is InChI=1S/C27H32N2O2/c1-3-22-17-10-12-21(2)26(22)28-25(31)20-29(18-11-19-30)27(23-13-6-4-7-14-23)24-15-8-5-9-16-24/h4-10,12-17,27,30H,3,11,18-20H2,1-2H3,(H,28,31). The molecule has 0 saturated heterocycles. The molecule has 4 nitrogen and oxygen atoms in total. The van der Waals surface area contributed by atoms with E-state index < -0.39 is 0 Å². The molecule has 0 heterocycles. The molecule has 0 unspecified atom stereocenters. The smallest absolute Gasteiger partial charge is 0.238 e. The third kappa shape index (κ3) is 6.03. The Kier molecular flexibility index (Phi) is 8.39. The SMILES string of the molecule is CCc1cccc(C)c1NC(=O)CN(CCCO)C(c1ccccc1)c1ccccc1. The fraction of sp³-hybridized carbons (Fsp3) is 0.296. The quantitative estimate of drug-likeness (QED) is 0.491. The van der Waals surface area contributed by atoms with Gasteiger partial charge in [-0.05, 0) is 42.0 Å². The van der Waals surface area contributed by atoms with Gasteiger partial charge >= 0.3 is 0 Å². The molecule has 4 heteroatoms. The van der Waals surface area contributed by atoms with E-state index in [2.05, 4.69) is 47.5 Å². The summed E-state index contributed by atoms with van der Waals surface area (Å²) in [7, 11) is 0. The van der Waals surface area contributed by atoms with Crippen LogP contribution in [0, 0.1) is 6.92 Å². The molecule has 2 N–H and O–H groups in total. The average molecular weight is 417 g/mol. The van der Waals surface area contributed by atoms with Gasteiger partial charge in [0.1, 0.15) is 0 Å². The Labute approximate surface area is 185 Å². The molecule has 162 valence electrons. The normalized spacial score (nSPS) is 11.1. The minimum Gasteiger partial charge on any atom is -0.396 e. The number of nitrogens with one attached hydrogen (secondary N) is 1. The van der Waals surface area contributed by atoms with E-state index in [-0.39, 0.29) is 25.1 Å². The van der Waals surface area contributed by atoms with Crippen molar-refractivity contribution in [1.29, 1.82) is 0 Å². The van der Waals surface area contributed by atoms with Crippen LogP contribution in [0.25, 0.3) is 0 Å². The van der Waals surface area contributed by atoms with Crippen LogP contribution in [-0.2, 0) is 11.2 Å². The monoisotopic (exact) mass is 416 g/mol. The fourth-order valence-corrected chi connectivity index (χ4v) is 4.02. The minimum atomic E-state index is -0.0674. The molecule has 1 amide bonds. The van der Waals surface area contributed by atoms with E-state index >= 15 is 0 Å². The Morgan fingerprint density at radius 3 is 2.10 bits per heavy atom. The van der Waals surface area contributed by atoms with Gasteiger partial charge in [-0.3, -0.25) is 9.69 Å². The maximum absolute atomic E-state index is 13.2. The van der Waals surface area contributed by atoms with Crippen LogP contribution in [-0.4, -0.2) is 35.6 Å². The lowest BCUT2D eigenvalue weighted by molar-refractivity contribution is -0.117. The second kappa shape index (κ2) is 11.4. The van der Waals surface area contributed by atoms with Crippen LogP contribution in [0.15, 0.2) is 78.9 Å². The summed E-state index contributed by atoms with van der Waals surface area (Å²) in [6, 6.07) is 26.5. The van der Waals surface area contributed by atoms with Gasteiger partial charge in [0.05, 0.1) is 12.6 Å². The first-order valence-electron chi connectivity index (χ1n) is 11.0. The minimum absolute atomic E-state index is 0.0428. The van der Waals surface area contributed by atoms with E-state index in [0.717, 1.165) is 34.4 Å². The molecule has 0 aliphatic rings. The highest BCUT2D eigenvalue weighted by Crippen LogP contribution is 2.29. The number of aryl methyl sites for hydroxylation is 2. The number of carbonyl (C=O) groups is 1. The van der Waals surface area contributed by atoms with Gasteiger partial charge in [0, 0.05) is 18.8 Å². The maximum Gasteiger partial charge on any atom is 0.238 e. The van der Waals surface area contributed by atoms with Gasteiger partial charge in [0.25, 0.3) is 0 Å². The summed E-state index contributed by atoms with van der Waals surface area (Å²) in [5.41, 5.74) is 5.37. The number of para-hydroxylation sites is 1. The van der Waals surface area contributed by atoms with Crippen LogP contribution in [0.1, 0.15) is 41.6 Å². The number of aliphatic hydroxyl groups excluding tert-OH is 1. The first-order valence-corrected chi connectivity index (χ1v) is 11.0. The number of carbonyl (C=O) groups excluding carboxylic acids is 1. The molecule has 0 atom stereocenters. The summed E-state index contributed by atoms with van der Waals surface area (Å²) in [6.45, 7) is 5.07. The van der Waals surface area contributed by atoms with Gasteiger partial charge in [0.2, 0.25) is 5.91 Å². The van der Waals surface area contributed by atoms with Crippen molar-refractivity contribution in [2.24, 2.45) is 0 Å². The number of aliphatic hydroxyl groups is 1. The molecule has 0 fully saturated rings. The van der Waals surface area contributed by atoms with E-state index in [9.17, 15) is 9.90 Å². The molecule has 0 radical (unpaired) electrons. The van der Waals surface area contributed by atoms with Gasteiger partial charge < -0.3 is 10.4 Å². The molecule has 3 aromatic rings. The highest BCUT2D eigenvalue weighted by molar-refractivity contribution is 5.93. The third-order valence-corrected chi connectivity index (χ3v) is 5.55.